The lowest BCUT2D eigenvalue weighted by Gasteiger charge is -2.37. The molecule has 5 nitrogen and oxygen atoms in total. The van der Waals surface area contributed by atoms with E-state index in [9.17, 15) is 9.90 Å². The molecule has 2 rings (SSSR count). The molecule has 1 N–H and O–H groups in total. The van der Waals surface area contributed by atoms with Crippen molar-refractivity contribution < 1.29 is 19.4 Å². The van der Waals surface area contributed by atoms with Crippen LogP contribution in [0.1, 0.15) is 17.3 Å². The number of benzene rings is 1. The van der Waals surface area contributed by atoms with Gasteiger partial charge in [-0.25, -0.2) is 0 Å². The monoisotopic (exact) mass is 299 g/mol. The summed E-state index contributed by atoms with van der Waals surface area (Å²) in [6.07, 6.45) is -0.347. The molecule has 1 aliphatic rings. The van der Waals surface area contributed by atoms with Gasteiger partial charge in [0, 0.05) is 11.6 Å². The Bertz CT molecular complexity index is 494. The molecule has 1 aromatic rings. The molecule has 2 atom stereocenters. The van der Waals surface area contributed by atoms with Gasteiger partial charge in [0.1, 0.15) is 5.75 Å². The van der Waals surface area contributed by atoms with Gasteiger partial charge in [-0.3, -0.25) is 4.79 Å². The van der Waals surface area contributed by atoms with E-state index >= 15 is 0 Å². The molecule has 0 radical (unpaired) electrons. The quantitative estimate of drug-likeness (QED) is 0.920. The number of nitrogens with zero attached hydrogens (tertiary/aromatic N) is 1. The smallest absolute Gasteiger partial charge is 0.258 e. The summed E-state index contributed by atoms with van der Waals surface area (Å²) in [6, 6.07) is 4.88. The molecule has 1 aromatic carbocycles. The highest BCUT2D eigenvalue weighted by Gasteiger charge is 2.31. The van der Waals surface area contributed by atoms with Gasteiger partial charge < -0.3 is 19.5 Å². The van der Waals surface area contributed by atoms with Gasteiger partial charge in [0.15, 0.2) is 0 Å². The normalized spacial score (nSPS) is 22.7. The fraction of sp³-hybridized carbons (Fsp3) is 0.500. The first kappa shape index (κ1) is 15.1. The van der Waals surface area contributed by atoms with Crippen LogP contribution in [0.2, 0.25) is 5.02 Å². The lowest BCUT2D eigenvalue weighted by molar-refractivity contribution is -0.0667. The molecule has 0 aromatic heterocycles. The largest absolute Gasteiger partial charge is 0.496 e. The number of amides is 1. The molecule has 110 valence electrons. The van der Waals surface area contributed by atoms with Gasteiger partial charge in [0.2, 0.25) is 0 Å². The number of aliphatic hydroxyl groups is 1. The van der Waals surface area contributed by atoms with Crippen LogP contribution in [0.3, 0.4) is 0 Å². The predicted molar refractivity (Wildman–Crippen MR) is 75.3 cm³/mol. The van der Waals surface area contributed by atoms with Gasteiger partial charge >= 0.3 is 0 Å². The first-order chi connectivity index (χ1) is 9.56. The first-order valence-corrected chi connectivity index (χ1v) is 6.81. The second kappa shape index (κ2) is 6.43. The minimum atomic E-state index is -0.347. The SMILES string of the molecule is COc1ccc(Cl)cc1C(=O)N1CC(CO)OCC1C. The number of morpholine rings is 1. The molecule has 20 heavy (non-hydrogen) atoms. The maximum absolute atomic E-state index is 12.7. The maximum Gasteiger partial charge on any atom is 0.258 e. The molecule has 2 unspecified atom stereocenters. The van der Waals surface area contributed by atoms with Gasteiger partial charge in [-0.2, -0.15) is 0 Å². The highest BCUT2D eigenvalue weighted by atomic mass is 35.5. The summed E-state index contributed by atoms with van der Waals surface area (Å²) in [6.45, 7) is 2.55. The van der Waals surface area contributed by atoms with E-state index in [1.807, 2.05) is 6.92 Å². The highest BCUT2D eigenvalue weighted by Crippen LogP contribution is 2.26. The van der Waals surface area contributed by atoms with E-state index in [0.717, 1.165) is 0 Å². The van der Waals surface area contributed by atoms with E-state index in [0.29, 0.717) is 29.5 Å². The zero-order chi connectivity index (χ0) is 14.7. The number of carbonyl (C=O) groups excluding carboxylic acids is 1. The van der Waals surface area contributed by atoms with Crippen molar-refractivity contribution in [2.75, 3.05) is 26.9 Å². The lowest BCUT2D eigenvalue weighted by atomic mass is 10.1. The second-order valence-corrected chi connectivity index (χ2v) is 5.23. The van der Waals surface area contributed by atoms with E-state index in [2.05, 4.69) is 0 Å². The van der Waals surface area contributed by atoms with Crippen molar-refractivity contribution in [1.82, 2.24) is 4.90 Å². The third-order valence-electron chi connectivity index (χ3n) is 3.36. The fourth-order valence-electron chi connectivity index (χ4n) is 2.21. The summed E-state index contributed by atoms with van der Waals surface area (Å²) >= 11 is 5.96. The third kappa shape index (κ3) is 3.06. The summed E-state index contributed by atoms with van der Waals surface area (Å²) in [7, 11) is 1.51. The van der Waals surface area contributed by atoms with Crippen molar-refractivity contribution in [2.45, 2.75) is 19.1 Å². The zero-order valence-corrected chi connectivity index (χ0v) is 12.3. The Morgan fingerprint density at radius 2 is 2.35 bits per heavy atom. The van der Waals surface area contributed by atoms with Crippen LogP contribution < -0.4 is 4.74 Å². The summed E-state index contributed by atoms with van der Waals surface area (Å²) in [4.78, 5) is 14.3. The average molecular weight is 300 g/mol. The molecular formula is C14H18ClNO4. The van der Waals surface area contributed by atoms with E-state index in [-0.39, 0.29) is 24.7 Å². The standard InChI is InChI=1S/C14H18ClNO4/c1-9-8-20-11(7-17)6-16(9)14(18)12-5-10(15)3-4-13(12)19-2/h3-5,9,11,17H,6-8H2,1-2H3. The number of rotatable bonds is 3. The van der Waals surface area contributed by atoms with Crippen LogP contribution in [0.4, 0.5) is 0 Å². The van der Waals surface area contributed by atoms with Crippen LogP contribution in [-0.2, 0) is 4.74 Å². The molecule has 1 aliphatic heterocycles. The van der Waals surface area contributed by atoms with Gasteiger partial charge in [0.05, 0.1) is 38.0 Å². The minimum Gasteiger partial charge on any atom is -0.496 e. The molecule has 0 bridgehead atoms. The zero-order valence-electron chi connectivity index (χ0n) is 11.5. The highest BCUT2D eigenvalue weighted by molar-refractivity contribution is 6.31. The van der Waals surface area contributed by atoms with Crippen molar-refractivity contribution >= 4 is 17.5 Å². The Morgan fingerprint density at radius 1 is 1.60 bits per heavy atom. The van der Waals surface area contributed by atoms with Crippen molar-refractivity contribution in [2.24, 2.45) is 0 Å². The topological polar surface area (TPSA) is 59.0 Å². The van der Waals surface area contributed by atoms with Crippen molar-refractivity contribution in [3.63, 3.8) is 0 Å². The third-order valence-corrected chi connectivity index (χ3v) is 3.60. The Hall–Kier alpha value is -1.30. The number of hydrogen-bond donors (Lipinski definition) is 1. The van der Waals surface area contributed by atoms with Crippen LogP contribution in [0.5, 0.6) is 5.75 Å². The maximum atomic E-state index is 12.7. The van der Waals surface area contributed by atoms with Gasteiger partial charge in [-0.05, 0) is 25.1 Å². The Labute approximate surface area is 123 Å². The van der Waals surface area contributed by atoms with Crippen molar-refractivity contribution in [1.29, 1.82) is 0 Å². The van der Waals surface area contributed by atoms with Gasteiger partial charge in [0.25, 0.3) is 5.91 Å². The molecule has 1 amide bonds. The molecular weight excluding hydrogens is 282 g/mol. The number of halogens is 1. The number of carbonyl (C=O) groups is 1. The molecule has 1 saturated heterocycles. The van der Waals surface area contributed by atoms with Crippen LogP contribution in [-0.4, -0.2) is 54.9 Å². The van der Waals surface area contributed by atoms with Crippen LogP contribution in [0.25, 0.3) is 0 Å². The second-order valence-electron chi connectivity index (χ2n) is 4.79. The first-order valence-electron chi connectivity index (χ1n) is 6.43. The number of aliphatic hydroxyl groups excluding tert-OH is 1. The molecule has 1 heterocycles. The van der Waals surface area contributed by atoms with Gasteiger partial charge in [-0.15, -0.1) is 0 Å². The Balaban J connectivity index is 2.27. The average Bonchev–Trinajstić information content (AvgIpc) is 2.47. The van der Waals surface area contributed by atoms with Crippen LogP contribution >= 0.6 is 11.6 Å². The van der Waals surface area contributed by atoms with Crippen LogP contribution in [0, 0.1) is 0 Å². The van der Waals surface area contributed by atoms with E-state index in [1.165, 1.54) is 7.11 Å². The number of hydrogen-bond acceptors (Lipinski definition) is 4. The summed E-state index contributed by atoms with van der Waals surface area (Å²) in [5.74, 6) is 0.317. The Morgan fingerprint density at radius 3 is 3.00 bits per heavy atom. The molecule has 6 heteroatoms. The summed E-state index contributed by atoms with van der Waals surface area (Å²) < 4.78 is 10.6. The molecule has 1 fully saturated rings. The van der Waals surface area contributed by atoms with Gasteiger partial charge in [-0.1, -0.05) is 11.6 Å². The van der Waals surface area contributed by atoms with E-state index < -0.39 is 0 Å². The Kier molecular flexibility index (Phi) is 4.86. The van der Waals surface area contributed by atoms with E-state index in [4.69, 9.17) is 21.1 Å². The van der Waals surface area contributed by atoms with E-state index in [1.54, 1.807) is 23.1 Å². The predicted octanol–water partition coefficient (Wildman–Crippen LogP) is 1.57. The van der Waals surface area contributed by atoms with Crippen LogP contribution in [0.15, 0.2) is 18.2 Å². The van der Waals surface area contributed by atoms with Crippen molar-refractivity contribution in [3.05, 3.63) is 28.8 Å². The number of methoxy groups -OCH3 is 1. The molecule has 0 aliphatic carbocycles. The summed E-state index contributed by atoms with van der Waals surface area (Å²) in [5, 5.41) is 9.66. The molecule has 0 spiro atoms. The van der Waals surface area contributed by atoms with Crippen molar-refractivity contribution in [3.8, 4) is 5.75 Å². The summed E-state index contributed by atoms with van der Waals surface area (Å²) in [5.41, 5.74) is 0.422. The fourth-order valence-corrected chi connectivity index (χ4v) is 2.39. The molecule has 0 saturated carbocycles. The number of ether oxygens (including phenoxy) is 2. The minimum absolute atomic E-state index is 0.0611. The lowest BCUT2D eigenvalue weighted by Crippen LogP contribution is -2.52.